The van der Waals surface area contributed by atoms with E-state index < -0.39 is 5.97 Å². The van der Waals surface area contributed by atoms with Gasteiger partial charge in [-0.2, -0.15) is 0 Å². The molecular weight excluding hydrogens is 480 g/mol. The molecule has 2 N–H and O–H groups in total. The molecule has 0 amide bonds. The number of aryl methyl sites for hydroxylation is 2. The van der Waals surface area contributed by atoms with Crippen LogP contribution in [0.15, 0.2) is 53.7 Å². The fourth-order valence-electron chi connectivity index (χ4n) is 4.03. The van der Waals surface area contributed by atoms with Gasteiger partial charge in [0.05, 0.1) is 21.8 Å². The van der Waals surface area contributed by atoms with Crippen LogP contribution < -0.4 is 5.32 Å². The summed E-state index contributed by atoms with van der Waals surface area (Å²) in [5.41, 5.74) is 5.34. The monoisotopic (exact) mass is 508 g/mol. The van der Waals surface area contributed by atoms with E-state index >= 15 is 0 Å². The van der Waals surface area contributed by atoms with Crippen LogP contribution in [0, 0.1) is 19.8 Å². The average Bonchev–Trinajstić information content (AvgIpc) is 3.17. The number of rotatable bonds is 9. The van der Waals surface area contributed by atoms with Crippen molar-refractivity contribution in [2.75, 3.05) is 17.6 Å². The predicted molar refractivity (Wildman–Crippen MR) is 145 cm³/mol. The number of benzene rings is 2. The molecule has 0 fully saturated rings. The van der Waals surface area contributed by atoms with Crippen LogP contribution in [0.5, 0.6) is 0 Å². The normalized spacial score (nSPS) is 11.4. The number of aromatic nitrogens is 3. The van der Waals surface area contributed by atoms with Crippen molar-refractivity contribution < 1.29 is 9.90 Å². The summed E-state index contributed by atoms with van der Waals surface area (Å²) in [4.78, 5) is 21.2. The van der Waals surface area contributed by atoms with Gasteiger partial charge in [0.15, 0.2) is 0 Å². The van der Waals surface area contributed by atoms with Crippen molar-refractivity contribution >= 4 is 46.1 Å². The molecule has 0 atom stereocenters. The molecule has 8 heteroatoms. The van der Waals surface area contributed by atoms with Crippen LogP contribution in [0.2, 0.25) is 5.02 Å². The molecule has 0 bridgehead atoms. The number of fused-ring (bicyclic) bond motifs is 1. The summed E-state index contributed by atoms with van der Waals surface area (Å²) in [6.07, 6.45) is 1.53. The fraction of sp³-hybridized carbons (Fsp3) is 0.296. The summed E-state index contributed by atoms with van der Waals surface area (Å²) in [5.74, 6) is 1.10. The van der Waals surface area contributed by atoms with Gasteiger partial charge in [0, 0.05) is 46.4 Å². The smallest absolute Gasteiger partial charge is 0.336 e. The van der Waals surface area contributed by atoms with Crippen LogP contribution in [-0.4, -0.2) is 37.9 Å². The standard InChI is InChI=1S/C27H29ClN4O2S/c1-16(2)14-35-24-12-19(6-7-20(24)27(33)34)23-13-25(31-15-30-23)29-9-10-32-18(4)11-21-17(3)5-8-22(28)26(21)32/h5-8,11-13,15-16H,9-10,14H2,1-4H3,(H,33,34)(H,29,30,31). The van der Waals surface area contributed by atoms with E-state index in [1.165, 1.54) is 17.3 Å². The van der Waals surface area contributed by atoms with Gasteiger partial charge in [-0.3, -0.25) is 0 Å². The lowest BCUT2D eigenvalue weighted by molar-refractivity contribution is 0.0693. The Morgan fingerprint density at radius 1 is 1.14 bits per heavy atom. The SMILES string of the molecule is Cc1ccc(Cl)c2c1cc(C)n2CCNc1cc(-c2ccc(C(=O)O)c(SCC(C)C)c2)ncn1. The van der Waals surface area contributed by atoms with E-state index in [0.29, 0.717) is 23.8 Å². The Morgan fingerprint density at radius 3 is 2.69 bits per heavy atom. The molecule has 0 saturated heterocycles. The van der Waals surface area contributed by atoms with Gasteiger partial charge in [0.25, 0.3) is 0 Å². The number of hydrogen-bond donors (Lipinski definition) is 2. The lowest BCUT2D eigenvalue weighted by Crippen LogP contribution is -2.12. The van der Waals surface area contributed by atoms with Crippen LogP contribution in [0.3, 0.4) is 0 Å². The molecule has 2 heterocycles. The Hall–Kier alpha value is -3.03. The number of nitrogens with one attached hydrogen (secondary N) is 1. The number of hydrogen-bond acceptors (Lipinski definition) is 5. The van der Waals surface area contributed by atoms with Crippen molar-refractivity contribution in [1.29, 1.82) is 0 Å². The Balaban J connectivity index is 1.52. The number of thioether (sulfide) groups is 1. The Morgan fingerprint density at radius 2 is 1.94 bits per heavy atom. The zero-order chi connectivity index (χ0) is 25.1. The first kappa shape index (κ1) is 25.1. The zero-order valence-corrected chi connectivity index (χ0v) is 21.9. The molecule has 0 spiro atoms. The summed E-state index contributed by atoms with van der Waals surface area (Å²) < 4.78 is 2.22. The van der Waals surface area contributed by atoms with Gasteiger partial charge < -0.3 is 15.0 Å². The van der Waals surface area contributed by atoms with E-state index in [9.17, 15) is 9.90 Å². The molecule has 2 aromatic carbocycles. The molecule has 2 aromatic heterocycles. The number of nitrogens with zero attached hydrogens (tertiary/aromatic N) is 3. The lowest BCUT2D eigenvalue weighted by atomic mass is 10.1. The second-order valence-electron chi connectivity index (χ2n) is 9.00. The highest BCUT2D eigenvalue weighted by Gasteiger charge is 2.14. The van der Waals surface area contributed by atoms with E-state index in [4.69, 9.17) is 11.6 Å². The molecule has 4 aromatic rings. The minimum absolute atomic E-state index is 0.315. The summed E-state index contributed by atoms with van der Waals surface area (Å²) in [5, 5.41) is 14.9. The van der Waals surface area contributed by atoms with Crippen molar-refractivity contribution in [2.24, 2.45) is 5.92 Å². The van der Waals surface area contributed by atoms with Crippen LogP contribution >= 0.6 is 23.4 Å². The first-order valence-electron chi connectivity index (χ1n) is 11.6. The third-order valence-electron chi connectivity index (χ3n) is 5.82. The molecule has 0 saturated carbocycles. The van der Waals surface area contributed by atoms with Gasteiger partial charge in [-0.05, 0) is 49.6 Å². The van der Waals surface area contributed by atoms with Gasteiger partial charge in [-0.15, -0.1) is 11.8 Å². The summed E-state index contributed by atoms with van der Waals surface area (Å²) in [6, 6.07) is 13.4. The van der Waals surface area contributed by atoms with Crippen LogP contribution in [0.1, 0.15) is 35.5 Å². The zero-order valence-electron chi connectivity index (χ0n) is 20.3. The maximum absolute atomic E-state index is 11.7. The van der Waals surface area contributed by atoms with E-state index in [1.54, 1.807) is 23.9 Å². The molecule has 0 radical (unpaired) electrons. The van der Waals surface area contributed by atoms with E-state index in [2.05, 4.69) is 53.6 Å². The Kier molecular flexibility index (Phi) is 7.67. The summed E-state index contributed by atoms with van der Waals surface area (Å²) in [6.45, 7) is 9.83. The minimum atomic E-state index is -0.920. The van der Waals surface area contributed by atoms with Gasteiger partial charge in [-0.1, -0.05) is 37.6 Å². The van der Waals surface area contributed by atoms with Crippen molar-refractivity contribution in [2.45, 2.75) is 39.1 Å². The first-order chi connectivity index (χ1) is 16.7. The van der Waals surface area contributed by atoms with E-state index in [-0.39, 0.29) is 0 Å². The van der Waals surface area contributed by atoms with Crippen molar-refractivity contribution in [3.8, 4) is 11.3 Å². The molecule has 0 aliphatic rings. The highest BCUT2D eigenvalue weighted by Crippen LogP contribution is 2.31. The molecular formula is C27H29ClN4O2S. The second kappa shape index (κ2) is 10.7. The third kappa shape index (κ3) is 5.63. The Bertz CT molecular complexity index is 1380. The molecule has 0 aliphatic carbocycles. The number of carboxylic acids is 1. The lowest BCUT2D eigenvalue weighted by Gasteiger charge is -2.13. The first-order valence-corrected chi connectivity index (χ1v) is 12.9. The molecule has 4 rings (SSSR count). The van der Waals surface area contributed by atoms with Gasteiger partial charge in [0.1, 0.15) is 12.1 Å². The largest absolute Gasteiger partial charge is 0.478 e. The quantitative estimate of drug-likeness (QED) is 0.239. The van der Waals surface area contributed by atoms with Crippen molar-refractivity contribution in [3.63, 3.8) is 0 Å². The maximum Gasteiger partial charge on any atom is 0.336 e. The molecule has 6 nitrogen and oxygen atoms in total. The minimum Gasteiger partial charge on any atom is -0.478 e. The molecule has 0 aliphatic heterocycles. The highest BCUT2D eigenvalue weighted by atomic mass is 35.5. The molecule has 182 valence electrons. The van der Waals surface area contributed by atoms with Crippen LogP contribution in [0.25, 0.3) is 22.2 Å². The van der Waals surface area contributed by atoms with E-state index in [1.807, 2.05) is 24.3 Å². The van der Waals surface area contributed by atoms with Crippen molar-refractivity contribution in [1.82, 2.24) is 14.5 Å². The number of halogens is 1. The fourth-order valence-corrected chi connectivity index (χ4v) is 5.33. The predicted octanol–water partition coefficient (Wildman–Crippen LogP) is 6.93. The molecule has 0 unspecified atom stereocenters. The topological polar surface area (TPSA) is 80.0 Å². The number of anilines is 1. The Labute approximate surface area is 214 Å². The van der Waals surface area contributed by atoms with Gasteiger partial charge in [-0.25, -0.2) is 14.8 Å². The van der Waals surface area contributed by atoms with Gasteiger partial charge >= 0.3 is 5.97 Å². The third-order valence-corrected chi connectivity index (χ3v) is 7.61. The number of aromatic carboxylic acids is 1. The van der Waals surface area contributed by atoms with Crippen LogP contribution in [0.4, 0.5) is 5.82 Å². The maximum atomic E-state index is 11.7. The second-order valence-corrected chi connectivity index (χ2v) is 10.5. The summed E-state index contributed by atoms with van der Waals surface area (Å²) >= 11 is 8.07. The summed E-state index contributed by atoms with van der Waals surface area (Å²) in [7, 11) is 0. The average molecular weight is 509 g/mol. The van der Waals surface area contributed by atoms with Crippen LogP contribution in [-0.2, 0) is 6.54 Å². The number of carbonyl (C=O) groups is 1. The molecule has 35 heavy (non-hydrogen) atoms. The highest BCUT2D eigenvalue weighted by molar-refractivity contribution is 7.99. The van der Waals surface area contributed by atoms with Gasteiger partial charge in [0.2, 0.25) is 0 Å². The van der Waals surface area contributed by atoms with E-state index in [0.717, 1.165) is 44.7 Å². The number of carboxylic acid groups (broad SMARTS) is 1. The van der Waals surface area contributed by atoms with Crippen molar-refractivity contribution in [3.05, 3.63) is 70.6 Å².